The molecule has 3 heterocycles. The van der Waals surface area contributed by atoms with E-state index in [1.807, 2.05) is 0 Å². The van der Waals surface area contributed by atoms with Crippen molar-refractivity contribution in [3.63, 3.8) is 0 Å². The van der Waals surface area contributed by atoms with Crippen molar-refractivity contribution in [3.8, 4) is 0 Å². The summed E-state index contributed by atoms with van der Waals surface area (Å²) in [6.45, 7) is 7.27. The lowest BCUT2D eigenvalue weighted by Gasteiger charge is -2.27. The van der Waals surface area contributed by atoms with Crippen LogP contribution >= 0.6 is 11.6 Å². The predicted octanol–water partition coefficient (Wildman–Crippen LogP) is 1.60. The van der Waals surface area contributed by atoms with E-state index < -0.39 is 0 Å². The molecule has 1 aromatic heterocycles. The number of ether oxygens (including phenoxy) is 1. The van der Waals surface area contributed by atoms with E-state index in [-0.39, 0.29) is 5.28 Å². The zero-order chi connectivity index (χ0) is 13.9. The van der Waals surface area contributed by atoms with E-state index in [0.29, 0.717) is 25.1 Å². The number of aromatic nitrogens is 3. The van der Waals surface area contributed by atoms with E-state index >= 15 is 0 Å². The molecule has 110 valence electrons. The van der Waals surface area contributed by atoms with Crippen molar-refractivity contribution in [3.05, 3.63) is 5.28 Å². The molecule has 2 saturated heterocycles. The zero-order valence-corrected chi connectivity index (χ0v) is 12.5. The van der Waals surface area contributed by atoms with Gasteiger partial charge in [-0.3, -0.25) is 0 Å². The van der Waals surface area contributed by atoms with Gasteiger partial charge in [0.1, 0.15) is 0 Å². The molecule has 0 spiro atoms. The average Bonchev–Trinajstić information content (AvgIpc) is 2.96. The monoisotopic (exact) mass is 297 g/mol. The molecule has 20 heavy (non-hydrogen) atoms. The van der Waals surface area contributed by atoms with Gasteiger partial charge in [0.2, 0.25) is 17.2 Å². The minimum Gasteiger partial charge on any atom is -0.378 e. The van der Waals surface area contributed by atoms with Crippen molar-refractivity contribution >= 4 is 23.5 Å². The van der Waals surface area contributed by atoms with E-state index in [2.05, 4.69) is 31.7 Å². The van der Waals surface area contributed by atoms with Crippen molar-refractivity contribution in [2.45, 2.75) is 19.8 Å². The van der Waals surface area contributed by atoms with Crippen LogP contribution in [0.1, 0.15) is 19.8 Å². The second kappa shape index (κ2) is 6.10. The number of anilines is 2. The fraction of sp³-hybridized carbons (Fsp3) is 0.769. The van der Waals surface area contributed by atoms with Gasteiger partial charge in [-0.15, -0.1) is 0 Å². The number of hydrogen-bond donors (Lipinski definition) is 0. The van der Waals surface area contributed by atoms with Crippen LogP contribution in [0.2, 0.25) is 5.28 Å². The molecule has 2 fully saturated rings. The maximum Gasteiger partial charge on any atom is 0.231 e. The molecule has 0 amide bonds. The molecule has 1 aromatic rings. The van der Waals surface area contributed by atoms with Gasteiger partial charge in [-0.1, -0.05) is 13.3 Å². The quantitative estimate of drug-likeness (QED) is 0.845. The molecule has 3 rings (SSSR count). The van der Waals surface area contributed by atoms with Crippen molar-refractivity contribution in [1.29, 1.82) is 0 Å². The molecular formula is C13H20ClN5O. The maximum atomic E-state index is 6.07. The molecule has 0 saturated carbocycles. The SMILES string of the molecule is CCC1CCN(c2nc(Cl)nc(N3CCOCC3)n2)C1. The van der Waals surface area contributed by atoms with Gasteiger partial charge in [-0.05, 0) is 23.9 Å². The highest BCUT2D eigenvalue weighted by Gasteiger charge is 2.25. The number of hydrogen-bond acceptors (Lipinski definition) is 6. The summed E-state index contributed by atoms with van der Waals surface area (Å²) in [5.41, 5.74) is 0. The number of halogens is 1. The summed E-state index contributed by atoms with van der Waals surface area (Å²) in [5.74, 6) is 2.11. The van der Waals surface area contributed by atoms with Crippen LogP contribution in [-0.2, 0) is 4.74 Å². The zero-order valence-electron chi connectivity index (χ0n) is 11.8. The summed E-state index contributed by atoms with van der Waals surface area (Å²) < 4.78 is 5.35. The Labute approximate surface area is 124 Å². The first-order chi connectivity index (χ1) is 9.76. The lowest BCUT2D eigenvalue weighted by molar-refractivity contribution is 0.122. The molecule has 1 unspecified atom stereocenters. The van der Waals surface area contributed by atoms with Gasteiger partial charge in [-0.25, -0.2) is 0 Å². The van der Waals surface area contributed by atoms with Crippen LogP contribution in [0.25, 0.3) is 0 Å². The molecule has 2 aliphatic heterocycles. The Morgan fingerprint density at radius 1 is 1.10 bits per heavy atom. The third-order valence-electron chi connectivity index (χ3n) is 4.02. The Morgan fingerprint density at radius 3 is 2.45 bits per heavy atom. The van der Waals surface area contributed by atoms with Gasteiger partial charge < -0.3 is 14.5 Å². The normalized spacial score (nSPS) is 23.4. The second-order valence-corrected chi connectivity index (χ2v) is 5.65. The fourth-order valence-corrected chi connectivity index (χ4v) is 2.87. The summed E-state index contributed by atoms with van der Waals surface area (Å²) in [7, 11) is 0. The fourth-order valence-electron chi connectivity index (χ4n) is 2.72. The molecule has 0 aliphatic carbocycles. The highest BCUT2D eigenvalue weighted by Crippen LogP contribution is 2.25. The van der Waals surface area contributed by atoms with E-state index in [9.17, 15) is 0 Å². The van der Waals surface area contributed by atoms with Crippen LogP contribution in [-0.4, -0.2) is 54.3 Å². The predicted molar refractivity (Wildman–Crippen MR) is 78.5 cm³/mol. The summed E-state index contributed by atoms with van der Waals surface area (Å²) >= 11 is 6.07. The van der Waals surface area contributed by atoms with E-state index in [1.165, 1.54) is 12.8 Å². The third kappa shape index (κ3) is 2.96. The molecule has 2 aliphatic rings. The smallest absolute Gasteiger partial charge is 0.231 e. The Bertz CT molecular complexity index is 466. The number of morpholine rings is 1. The molecule has 0 bridgehead atoms. The second-order valence-electron chi connectivity index (χ2n) is 5.31. The van der Waals surface area contributed by atoms with Gasteiger partial charge in [0.05, 0.1) is 13.2 Å². The molecule has 0 N–H and O–H groups in total. The van der Waals surface area contributed by atoms with Crippen molar-refractivity contribution < 1.29 is 4.74 Å². The minimum atomic E-state index is 0.274. The standard InChI is InChI=1S/C13H20ClN5O/c1-2-10-3-4-19(9-10)13-16-11(14)15-12(17-13)18-5-7-20-8-6-18/h10H,2-9H2,1H3. The van der Waals surface area contributed by atoms with Crippen LogP contribution in [0.5, 0.6) is 0 Å². The van der Waals surface area contributed by atoms with E-state index in [0.717, 1.165) is 32.1 Å². The topological polar surface area (TPSA) is 54.4 Å². The summed E-state index contributed by atoms with van der Waals surface area (Å²) in [4.78, 5) is 17.5. The van der Waals surface area contributed by atoms with Crippen LogP contribution in [0.15, 0.2) is 0 Å². The number of nitrogens with zero attached hydrogens (tertiary/aromatic N) is 5. The van der Waals surface area contributed by atoms with E-state index in [1.54, 1.807) is 0 Å². The first-order valence-electron chi connectivity index (χ1n) is 7.25. The van der Waals surface area contributed by atoms with Crippen LogP contribution in [0.4, 0.5) is 11.9 Å². The van der Waals surface area contributed by atoms with Gasteiger partial charge in [-0.2, -0.15) is 15.0 Å². The molecule has 6 nitrogen and oxygen atoms in total. The van der Waals surface area contributed by atoms with Crippen molar-refractivity contribution in [2.24, 2.45) is 5.92 Å². The van der Waals surface area contributed by atoms with Crippen molar-refractivity contribution in [2.75, 3.05) is 49.2 Å². The lowest BCUT2D eigenvalue weighted by Crippen LogP contribution is -2.38. The first kappa shape index (κ1) is 13.8. The summed E-state index contributed by atoms with van der Waals surface area (Å²) in [5, 5.41) is 0.274. The van der Waals surface area contributed by atoms with Crippen LogP contribution in [0.3, 0.4) is 0 Å². The Balaban J connectivity index is 1.79. The van der Waals surface area contributed by atoms with Gasteiger partial charge in [0, 0.05) is 26.2 Å². The van der Waals surface area contributed by atoms with Gasteiger partial charge >= 0.3 is 0 Å². The summed E-state index contributed by atoms with van der Waals surface area (Å²) in [6, 6.07) is 0. The molecule has 0 aromatic carbocycles. The maximum absolute atomic E-state index is 6.07. The highest BCUT2D eigenvalue weighted by molar-refractivity contribution is 6.28. The first-order valence-corrected chi connectivity index (χ1v) is 7.63. The molecule has 1 atom stereocenters. The van der Waals surface area contributed by atoms with Crippen LogP contribution < -0.4 is 9.80 Å². The van der Waals surface area contributed by atoms with E-state index in [4.69, 9.17) is 16.3 Å². The Morgan fingerprint density at radius 2 is 1.80 bits per heavy atom. The third-order valence-corrected chi connectivity index (χ3v) is 4.19. The van der Waals surface area contributed by atoms with Crippen LogP contribution in [0, 0.1) is 5.92 Å². The van der Waals surface area contributed by atoms with Crippen molar-refractivity contribution in [1.82, 2.24) is 15.0 Å². The highest BCUT2D eigenvalue weighted by atomic mass is 35.5. The minimum absolute atomic E-state index is 0.274. The number of rotatable bonds is 3. The Hall–Kier alpha value is -1.14. The summed E-state index contributed by atoms with van der Waals surface area (Å²) in [6.07, 6.45) is 2.40. The average molecular weight is 298 g/mol. The van der Waals surface area contributed by atoms with Gasteiger partial charge in [0.15, 0.2) is 0 Å². The Kier molecular flexibility index (Phi) is 4.21. The molecular weight excluding hydrogens is 278 g/mol. The largest absolute Gasteiger partial charge is 0.378 e. The lowest BCUT2D eigenvalue weighted by atomic mass is 10.1. The molecule has 7 heteroatoms. The molecule has 0 radical (unpaired) electrons. The van der Waals surface area contributed by atoms with Gasteiger partial charge in [0.25, 0.3) is 0 Å².